The van der Waals surface area contributed by atoms with Crippen LogP contribution in [0.2, 0.25) is 0 Å². The minimum absolute atomic E-state index is 0.200. The van der Waals surface area contributed by atoms with Crippen LogP contribution in [0.25, 0.3) is 0 Å². The lowest BCUT2D eigenvalue weighted by atomic mass is 9.90. The normalized spacial score (nSPS) is 12.8. The Morgan fingerprint density at radius 2 is 1.85 bits per heavy atom. The summed E-state index contributed by atoms with van der Waals surface area (Å²) >= 11 is 0. The topological polar surface area (TPSA) is 71.1 Å². The van der Waals surface area contributed by atoms with Crippen molar-refractivity contribution in [3.63, 3.8) is 0 Å². The van der Waals surface area contributed by atoms with Gasteiger partial charge in [-0.25, -0.2) is 4.79 Å². The molecule has 0 aliphatic heterocycles. The molecular formula is C14H26O6. The van der Waals surface area contributed by atoms with Gasteiger partial charge in [0.05, 0.1) is 12.5 Å². The molecular weight excluding hydrogens is 264 g/mol. The maximum absolute atomic E-state index is 12.0. The first-order chi connectivity index (χ1) is 9.38. The summed E-state index contributed by atoms with van der Waals surface area (Å²) in [6, 6.07) is 0. The van der Waals surface area contributed by atoms with Crippen LogP contribution in [0.3, 0.4) is 0 Å². The fraction of sp³-hybridized carbons (Fsp3) is 0.857. The molecule has 0 heterocycles. The first-order valence-corrected chi connectivity index (χ1v) is 6.74. The van der Waals surface area contributed by atoms with Crippen molar-refractivity contribution in [1.82, 2.24) is 0 Å². The van der Waals surface area contributed by atoms with E-state index in [-0.39, 0.29) is 6.79 Å². The summed E-state index contributed by atoms with van der Waals surface area (Å²) in [5, 5.41) is 0. The minimum atomic E-state index is -0.885. The molecule has 0 bridgehead atoms. The minimum Gasteiger partial charge on any atom is -0.466 e. The van der Waals surface area contributed by atoms with Gasteiger partial charge >= 0.3 is 11.9 Å². The summed E-state index contributed by atoms with van der Waals surface area (Å²) in [6.45, 7) is 6.09. The van der Waals surface area contributed by atoms with E-state index in [1.54, 1.807) is 13.8 Å². The zero-order valence-corrected chi connectivity index (χ0v) is 13.1. The second-order valence-corrected chi connectivity index (χ2v) is 5.11. The second kappa shape index (κ2) is 9.72. The van der Waals surface area contributed by atoms with E-state index in [9.17, 15) is 9.59 Å². The van der Waals surface area contributed by atoms with Crippen molar-refractivity contribution >= 4 is 11.9 Å². The Hall–Kier alpha value is -1.14. The average Bonchev–Trinajstić information content (AvgIpc) is 2.44. The van der Waals surface area contributed by atoms with Crippen molar-refractivity contribution in [2.75, 3.05) is 27.6 Å². The summed E-state index contributed by atoms with van der Waals surface area (Å²) in [6.07, 6.45) is 0.686. The van der Waals surface area contributed by atoms with Gasteiger partial charge in [0.25, 0.3) is 0 Å². The quantitative estimate of drug-likeness (QED) is 0.348. The highest BCUT2D eigenvalue weighted by Crippen LogP contribution is 2.23. The number of carbonyl (C=O) groups excluding carboxylic acids is 2. The largest absolute Gasteiger partial charge is 0.466 e. The smallest absolute Gasteiger partial charge is 0.347 e. The maximum atomic E-state index is 12.0. The Labute approximate surface area is 120 Å². The van der Waals surface area contributed by atoms with E-state index in [0.29, 0.717) is 25.9 Å². The maximum Gasteiger partial charge on any atom is 0.347 e. The van der Waals surface area contributed by atoms with Crippen LogP contribution in [0.15, 0.2) is 0 Å². The van der Waals surface area contributed by atoms with Crippen molar-refractivity contribution in [3.05, 3.63) is 0 Å². The average molecular weight is 290 g/mol. The molecule has 0 saturated heterocycles. The standard InChI is InChI=1S/C14H26O6/c1-6-14(2,3)13(16)20-11(12(15)18-5)8-7-9-19-10-17-4/h11H,6-10H2,1-5H3. The summed E-state index contributed by atoms with van der Waals surface area (Å²) in [5.41, 5.74) is -0.612. The number of hydrogen-bond donors (Lipinski definition) is 0. The van der Waals surface area contributed by atoms with E-state index in [1.807, 2.05) is 6.92 Å². The molecule has 0 aromatic carbocycles. The molecule has 0 radical (unpaired) electrons. The second-order valence-electron chi connectivity index (χ2n) is 5.11. The first kappa shape index (κ1) is 18.9. The summed E-state index contributed by atoms with van der Waals surface area (Å²) in [7, 11) is 2.81. The van der Waals surface area contributed by atoms with Crippen molar-refractivity contribution < 1.29 is 28.5 Å². The van der Waals surface area contributed by atoms with Crippen LogP contribution in [-0.2, 0) is 28.5 Å². The van der Waals surface area contributed by atoms with Crippen LogP contribution in [0.5, 0.6) is 0 Å². The van der Waals surface area contributed by atoms with Crippen LogP contribution < -0.4 is 0 Å². The predicted molar refractivity (Wildman–Crippen MR) is 73.0 cm³/mol. The van der Waals surface area contributed by atoms with Gasteiger partial charge in [0.15, 0.2) is 6.10 Å². The van der Waals surface area contributed by atoms with Gasteiger partial charge in [0.2, 0.25) is 0 Å². The van der Waals surface area contributed by atoms with Gasteiger partial charge < -0.3 is 18.9 Å². The molecule has 6 heteroatoms. The van der Waals surface area contributed by atoms with Gasteiger partial charge in [0.1, 0.15) is 6.79 Å². The van der Waals surface area contributed by atoms with E-state index in [1.165, 1.54) is 14.2 Å². The molecule has 0 aromatic heterocycles. The fourth-order valence-corrected chi connectivity index (χ4v) is 1.30. The Morgan fingerprint density at radius 1 is 1.20 bits per heavy atom. The van der Waals surface area contributed by atoms with Gasteiger partial charge in [-0.15, -0.1) is 0 Å². The van der Waals surface area contributed by atoms with Crippen molar-refractivity contribution in [1.29, 1.82) is 0 Å². The van der Waals surface area contributed by atoms with Crippen LogP contribution in [-0.4, -0.2) is 45.7 Å². The molecule has 20 heavy (non-hydrogen) atoms. The molecule has 0 N–H and O–H groups in total. The van der Waals surface area contributed by atoms with Crippen LogP contribution in [0.1, 0.15) is 40.0 Å². The molecule has 0 aliphatic carbocycles. The van der Waals surface area contributed by atoms with Crippen molar-refractivity contribution in [2.45, 2.75) is 46.1 Å². The molecule has 1 atom stereocenters. The zero-order valence-electron chi connectivity index (χ0n) is 13.1. The lowest BCUT2D eigenvalue weighted by molar-refractivity contribution is -0.173. The van der Waals surface area contributed by atoms with Gasteiger partial charge in [-0.3, -0.25) is 4.79 Å². The van der Waals surface area contributed by atoms with Crippen molar-refractivity contribution in [2.24, 2.45) is 5.41 Å². The van der Waals surface area contributed by atoms with Crippen LogP contribution >= 0.6 is 0 Å². The zero-order chi connectivity index (χ0) is 15.6. The fourth-order valence-electron chi connectivity index (χ4n) is 1.30. The third-order valence-electron chi connectivity index (χ3n) is 3.11. The third kappa shape index (κ3) is 6.86. The molecule has 0 aromatic rings. The lowest BCUT2D eigenvalue weighted by Gasteiger charge is -2.24. The van der Waals surface area contributed by atoms with E-state index in [2.05, 4.69) is 4.74 Å². The Balaban J connectivity index is 4.36. The number of ether oxygens (including phenoxy) is 4. The number of hydrogen-bond acceptors (Lipinski definition) is 6. The molecule has 1 unspecified atom stereocenters. The molecule has 0 amide bonds. The van der Waals surface area contributed by atoms with Gasteiger partial charge in [-0.2, -0.15) is 0 Å². The number of carbonyl (C=O) groups is 2. The summed E-state index contributed by atoms with van der Waals surface area (Å²) in [4.78, 5) is 23.6. The highest BCUT2D eigenvalue weighted by Gasteiger charge is 2.32. The van der Waals surface area contributed by atoms with E-state index in [4.69, 9.17) is 14.2 Å². The Kier molecular flexibility index (Phi) is 9.16. The van der Waals surface area contributed by atoms with E-state index in [0.717, 1.165) is 0 Å². The first-order valence-electron chi connectivity index (χ1n) is 6.74. The highest BCUT2D eigenvalue weighted by molar-refractivity contribution is 5.81. The predicted octanol–water partition coefficient (Wildman–Crippen LogP) is 1.91. The molecule has 0 fully saturated rings. The van der Waals surface area contributed by atoms with E-state index >= 15 is 0 Å². The molecule has 0 spiro atoms. The molecule has 0 aliphatic rings. The number of rotatable bonds is 10. The summed E-state index contributed by atoms with van der Waals surface area (Å²) < 4.78 is 19.8. The monoisotopic (exact) mass is 290 g/mol. The SMILES string of the molecule is CCC(C)(C)C(=O)OC(CCCOCOC)C(=O)OC. The van der Waals surface area contributed by atoms with Gasteiger partial charge in [0, 0.05) is 13.7 Å². The molecule has 118 valence electrons. The van der Waals surface area contributed by atoms with Crippen LogP contribution in [0, 0.1) is 5.41 Å². The Morgan fingerprint density at radius 3 is 2.35 bits per heavy atom. The lowest BCUT2D eigenvalue weighted by Crippen LogP contribution is -2.35. The molecule has 0 saturated carbocycles. The van der Waals surface area contributed by atoms with Gasteiger partial charge in [-0.1, -0.05) is 6.92 Å². The van der Waals surface area contributed by atoms with Crippen LogP contribution in [0.4, 0.5) is 0 Å². The third-order valence-corrected chi connectivity index (χ3v) is 3.11. The number of methoxy groups -OCH3 is 2. The molecule has 0 rings (SSSR count). The number of esters is 2. The highest BCUT2D eigenvalue weighted by atomic mass is 16.7. The van der Waals surface area contributed by atoms with Crippen molar-refractivity contribution in [3.8, 4) is 0 Å². The molecule has 6 nitrogen and oxygen atoms in total. The van der Waals surface area contributed by atoms with Gasteiger partial charge in [-0.05, 0) is 33.1 Å². The Bertz CT molecular complexity index is 300. The summed E-state index contributed by atoms with van der Waals surface area (Å²) in [5.74, 6) is -0.940. The van der Waals surface area contributed by atoms with E-state index < -0.39 is 23.5 Å².